The molecule has 3 rings (SSSR count). The van der Waals surface area contributed by atoms with Gasteiger partial charge in [0.05, 0.1) is 10.6 Å². The van der Waals surface area contributed by atoms with E-state index in [0.29, 0.717) is 32.4 Å². The second-order valence-electron chi connectivity index (χ2n) is 6.22. The van der Waals surface area contributed by atoms with E-state index in [1.807, 2.05) is 18.2 Å². The molecule has 0 unspecified atom stereocenters. The summed E-state index contributed by atoms with van der Waals surface area (Å²) in [7, 11) is 0. The van der Waals surface area contributed by atoms with Crippen molar-refractivity contribution >= 4 is 17.4 Å². The first kappa shape index (κ1) is 19.4. The van der Waals surface area contributed by atoms with E-state index in [0.717, 1.165) is 12.6 Å². The van der Waals surface area contributed by atoms with Gasteiger partial charge in [0.1, 0.15) is 5.69 Å². The third-order valence-electron chi connectivity index (χ3n) is 4.40. The van der Waals surface area contributed by atoms with Gasteiger partial charge in [0.25, 0.3) is 0 Å². The topological polar surface area (TPSA) is 52.0 Å². The Kier molecular flexibility index (Phi) is 5.86. The molecule has 1 aromatic carbocycles. The fraction of sp³-hybridized carbons (Fsp3) is 0.333. The van der Waals surface area contributed by atoms with E-state index in [1.54, 1.807) is 4.90 Å². The van der Waals surface area contributed by atoms with Crippen LogP contribution in [0.4, 0.5) is 13.2 Å². The van der Waals surface area contributed by atoms with Gasteiger partial charge in [-0.25, -0.2) is 0 Å². The van der Waals surface area contributed by atoms with E-state index < -0.39 is 11.7 Å². The molecular formula is C18H18ClF3N4O. The van der Waals surface area contributed by atoms with E-state index in [1.165, 1.54) is 5.56 Å². The Morgan fingerprint density at radius 2 is 1.81 bits per heavy atom. The first-order valence-corrected chi connectivity index (χ1v) is 8.72. The van der Waals surface area contributed by atoms with Crippen molar-refractivity contribution < 1.29 is 18.4 Å². The van der Waals surface area contributed by atoms with Crippen LogP contribution in [0.25, 0.3) is 0 Å². The van der Waals surface area contributed by atoms with Crippen molar-refractivity contribution in [2.45, 2.75) is 12.7 Å². The van der Waals surface area contributed by atoms with Crippen molar-refractivity contribution in [3.63, 3.8) is 0 Å². The van der Waals surface area contributed by atoms with Gasteiger partial charge in [-0.3, -0.25) is 9.88 Å². The summed E-state index contributed by atoms with van der Waals surface area (Å²) in [5.74, 6) is 0.0769. The highest BCUT2D eigenvalue weighted by Crippen LogP contribution is 2.31. The number of halogens is 4. The summed E-state index contributed by atoms with van der Waals surface area (Å²) in [6.07, 6.45) is -3.84. The zero-order valence-corrected chi connectivity index (χ0v) is 15.1. The number of piperazine rings is 1. The Hall–Kier alpha value is -2.32. The summed E-state index contributed by atoms with van der Waals surface area (Å²) in [5, 5.41) is 12.4. The van der Waals surface area contributed by atoms with Crippen LogP contribution in [0.3, 0.4) is 0 Å². The third kappa shape index (κ3) is 4.70. The first-order valence-electron chi connectivity index (χ1n) is 8.35. The van der Waals surface area contributed by atoms with Gasteiger partial charge < -0.3 is 10.1 Å². The normalized spacial score (nSPS) is 16.6. The molecule has 0 saturated carbocycles. The maximum Gasteiger partial charge on any atom is 0.417 e. The number of rotatable bonds is 3. The van der Waals surface area contributed by atoms with Gasteiger partial charge in [-0.2, -0.15) is 13.2 Å². The number of hydrogen-bond donors (Lipinski definition) is 1. The molecule has 1 aliphatic rings. The largest absolute Gasteiger partial charge is 0.417 e. The standard InChI is InChI=1S/C18H18ClF3N4O/c19-15-10-14(18(20,21)22)11-23-16(15)17(24-27)26-8-6-25(7-9-26)12-13-4-2-1-3-5-13/h1-5,10-11,27H,6-9,12H2. The second-order valence-corrected chi connectivity index (χ2v) is 6.63. The van der Waals surface area contributed by atoms with Crippen LogP contribution in [0.15, 0.2) is 47.8 Å². The van der Waals surface area contributed by atoms with Crippen LogP contribution in [0, 0.1) is 0 Å². The minimum absolute atomic E-state index is 0.0312. The number of oxime groups is 1. The summed E-state index contributed by atoms with van der Waals surface area (Å²) in [4.78, 5) is 7.80. The van der Waals surface area contributed by atoms with Gasteiger partial charge >= 0.3 is 6.18 Å². The molecule has 0 aliphatic carbocycles. The highest BCUT2D eigenvalue weighted by Gasteiger charge is 2.32. The smallest absolute Gasteiger partial charge is 0.409 e. The molecule has 1 N–H and O–H groups in total. The minimum Gasteiger partial charge on any atom is -0.409 e. The van der Waals surface area contributed by atoms with Crippen molar-refractivity contribution in [2.75, 3.05) is 26.2 Å². The second kappa shape index (κ2) is 8.14. The number of pyridine rings is 1. The van der Waals surface area contributed by atoms with E-state index in [4.69, 9.17) is 11.6 Å². The molecule has 27 heavy (non-hydrogen) atoms. The van der Waals surface area contributed by atoms with Crippen molar-refractivity contribution in [2.24, 2.45) is 5.16 Å². The Bertz CT molecular complexity index is 806. The van der Waals surface area contributed by atoms with Crippen molar-refractivity contribution in [1.29, 1.82) is 0 Å². The van der Waals surface area contributed by atoms with Crippen molar-refractivity contribution in [3.8, 4) is 0 Å². The monoisotopic (exact) mass is 398 g/mol. The number of hydrogen-bond acceptors (Lipinski definition) is 4. The maximum absolute atomic E-state index is 12.8. The number of alkyl halides is 3. The van der Waals surface area contributed by atoms with Crippen LogP contribution in [0.1, 0.15) is 16.8 Å². The van der Waals surface area contributed by atoms with Gasteiger partial charge in [-0.15, -0.1) is 0 Å². The minimum atomic E-state index is -4.53. The molecule has 1 fully saturated rings. The van der Waals surface area contributed by atoms with Gasteiger partial charge in [-0.05, 0) is 11.6 Å². The fourth-order valence-corrected chi connectivity index (χ4v) is 3.23. The summed E-state index contributed by atoms with van der Waals surface area (Å²) < 4.78 is 38.3. The van der Waals surface area contributed by atoms with Gasteiger partial charge in [-0.1, -0.05) is 47.1 Å². The van der Waals surface area contributed by atoms with Crippen LogP contribution in [-0.4, -0.2) is 52.0 Å². The zero-order chi connectivity index (χ0) is 19.4. The van der Waals surface area contributed by atoms with Gasteiger partial charge in [0.15, 0.2) is 5.84 Å². The van der Waals surface area contributed by atoms with Gasteiger partial charge in [0, 0.05) is 38.9 Å². The van der Waals surface area contributed by atoms with Crippen molar-refractivity contribution in [3.05, 3.63) is 64.4 Å². The Morgan fingerprint density at radius 1 is 1.15 bits per heavy atom. The first-order chi connectivity index (χ1) is 12.9. The molecule has 1 aromatic heterocycles. The molecule has 5 nitrogen and oxygen atoms in total. The van der Waals surface area contributed by atoms with E-state index >= 15 is 0 Å². The maximum atomic E-state index is 12.8. The van der Waals surface area contributed by atoms with E-state index in [9.17, 15) is 18.4 Å². The lowest BCUT2D eigenvalue weighted by atomic mass is 10.2. The van der Waals surface area contributed by atoms with Crippen LogP contribution in [0.5, 0.6) is 0 Å². The molecule has 0 radical (unpaired) electrons. The number of benzene rings is 1. The summed E-state index contributed by atoms with van der Waals surface area (Å²) in [6.45, 7) is 3.33. The SMILES string of the molecule is ON=C(c1ncc(C(F)(F)F)cc1Cl)N1CCN(Cc2ccccc2)CC1. The van der Waals surface area contributed by atoms with Gasteiger partial charge in [0.2, 0.25) is 0 Å². The lowest BCUT2D eigenvalue weighted by Gasteiger charge is -2.35. The molecule has 1 aliphatic heterocycles. The lowest BCUT2D eigenvalue weighted by molar-refractivity contribution is -0.137. The molecule has 0 amide bonds. The van der Waals surface area contributed by atoms with Crippen molar-refractivity contribution in [1.82, 2.24) is 14.8 Å². The van der Waals surface area contributed by atoms with E-state index in [-0.39, 0.29) is 16.6 Å². The summed E-state index contributed by atoms with van der Waals surface area (Å²) >= 11 is 5.97. The summed E-state index contributed by atoms with van der Waals surface area (Å²) in [6, 6.07) is 10.8. The Labute approximate surface area is 159 Å². The molecule has 2 aromatic rings. The van der Waals surface area contributed by atoms with Crippen LogP contribution in [0.2, 0.25) is 5.02 Å². The molecule has 0 spiro atoms. The highest BCUT2D eigenvalue weighted by atomic mass is 35.5. The predicted molar refractivity (Wildman–Crippen MR) is 95.9 cm³/mol. The van der Waals surface area contributed by atoms with Crippen LogP contribution in [-0.2, 0) is 12.7 Å². The molecule has 144 valence electrons. The summed E-state index contributed by atoms with van der Waals surface area (Å²) in [5.41, 5.74) is 0.291. The molecular weight excluding hydrogens is 381 g/mol. The molecule has 9 heteroatoms. The Morgan fingerprint density at radius 3 is 2.37 bits per heavy atom. The number of aromatic nitrogens is 1. The third-order valence-corrected chi connectivity index (χ3v) is 4.68. The average molecular weight is 399 g/mol. The number of nitrogens with zero attached hydrogens (tertiary/aromatic N) is 4. The number of amidine groups is 1. The average Bonchev–Trinajstić information content (AvgIpc) is 2.65. The van der Waals surface area contributed by atoms with E-state index in [2.05, 4.69) is 27.2 Å². The van der Waals surface area contributed by atoms with Crippen LogP contribution >= 0.6 is 11.6 Å². The fourth-order valence-electron chi connectivity index (χ4n) is 2.98. The molecule has 0 bridgehead atoms. The molecule has 1 saturated heterocycles. The Balaban J connectivity index is 1.67. The zero-order valence-electron chi connectivity index (χ0n) is 14.3. The highest BCUT2D eigenvalue weighted by molar-refractivity contribution is 6.33. The lowest BCUT2D eigenvalue weighted by Crippen LogP contribution is -2.48. The van der Waals surface area contributed by atoms with Crippen LogP contribution < -0.4 is 0 Å². The predicted octanol–water partition coefficient (Wildman–Crippen LogP) is 3.71. The molecule has 2 heterocycles. The molecule has 0 atom stereocenters. The quantitative estimate of drug-likeness (QED) is 0.370.